The smallest absolute Gasteiger partial charge is 0.264 e. The normalized spacial score (nSPS) is 13.5. The van der Waals surface area contributed by atoms with Crippen LogP contribution in [0.2, 0.25) is 5.02 Å². The molecule has 0 fully saturated rings. The predicted molar refractivity (Wildman–Crippen MR) is 116 cm³/mol. The molecule has 170 valence electrons. The Morgan fingerprint density at radius 2 is 2.00 bits per heavy atom. The largest absolute Gasteiger partial charge is 0.493 e. The molecule has 1 aromatic heterocycles. The second-order valence-electron chi connectivity index (χ2n) is 7.21. The number of carbonyl (C=O) groups excluding carboxylic acids is 1. The van der Waals surface area contributed by atoms with Gasteiger partial charge in [0.1, 0.15) is 5.75 Å². The molecule has 2 rings (SSSR count). The van der Waals surface area contributed by atoms with Crippen LogP contribution in [0, 0.1) is 0 Å². The molecule has 3 N–H and O–H groups in total. The van der Waals surface area contributed by atoms with E-state index in [0.717, 1.165) is 6.26 Å². The van der Waals surface area contributed by atoms with Crippen LogP contribution in [0.1, 0.15) is 19.8 Å². The molecule has 2 aromatic rings. The average molecular weight is 473 g/mol. The predicted octanol–water partition coefficient (Wildman–Crippen LogP) is 1.63. The molecule has 1 amide bonds. The number of aromatic nitrogens is 1. The molecular formula is C20H25ClN2O7S. The summed E-state index contributed by atoms with van der Waals surface area (Å²) in [5, 5.41) is 18.1. The van der Waals surface area contributed by atoms with Crippen molar-refractivity contribution in [1.82, 2.24) is 10.0 Å². The van der Waals surface area contributed by atoms with Crippen LogP contribution in [-0.4, -0.2) is 53.4 Å². The van der Waals surface area contributed by atoms with Crippen LogP contribution in [-0.2, 0) is 21.2 Å². The lowest BCUT2D eigenvalue weighted by atomic mass is 10.1. The highest BCUT2D eigenvalue weighted by atomic mass is 35.5. The van der Waals surface area contributed by atoms with E-state index in [1.54, 1.807) is 24.3 Å². The number of aliphatic hydroxyl groups is 1. The lowest BCUT2D eigenvalue weighted by Crippen LogP contribution is -2.49. The Balaban J connectivity index is 2.22. The molecular weight excluding hydrogens is 448 g/mol. The van der Waals surface area contributed by atoms with Crippen molar-refractivity contribution in [2.75, 3.05) is 19.5 Å². The van der Waals surface area contributed by atoms with Crippen molar-refractivity contribution >= 4 is 27.3 Å². The summed E-state index contributed by atoms with van der Waals surface area (Å²) in [4.78, 5) is 24.5. The van der Waals surface area contributed by atoms with Gasteiger partial charge in [0.15, 0.2) is 14.6 Å². The number of carbonyl (C=O) groups is 1. The molecule has 9 nitrogen and oxygen atoms in total. The van der Waals surface area contributed by atoms with E-state index in [4.69, 9.17) is 26.7 Å². The SMILES string of the molecule is CC(CCn1ccc(-c2ccc(OCCCO)cc2Cl)cc1=O)(C(=O)NO)S(C)(=O)=O. The average Bonchev–Trinajstić information content (AvgIpc) is 2.71. The fourth-order valence-electron chi connectivity index (χ4n) is 2.85. The molecule has 0 spiro atoms. The first-order chi connectivity index (χ1) is 14.5. The van der Waals surface area contributed by atoms with Gasteiger partial charge in [-0.15, -0.1) is 0 Å². The van der Waals surface area contributed by atoms with Crippen molar-refractivity contribution in [3.05, 3.63) is 51.9 Å². The van der Waals surface area contributed by atoms with E-state index in [0.29, 0.717) is 34.9 Å². The summed E-state index contributed by atoms with van der Waals surface area (Å²) >= 11 is 6.32. The van der Waals surface area contributed by atoms with Gasteiger partial charge in [-0.1, -0.05) is 11.6 Å². The molecule has 0 radical (unpaired) electrons. The van der Waals surface area contributed by atoms with Crippen LogP contribution in [0.25, 0.3) is 11.1 Å². The number of sulfone groups is 1. The van der Waals surface area contributed by atoms with E-state index in [9.17, 15) is 18.0 Å². The van der Waals surface area contributed by atoms with Crippen molar-refractivity contribution in [3.8, 4) is 16.9 Å². The van der Waals surface area contributed by atoms with Gasteiger partial charge in [-0.3, -0.25) is 14.8 Å². The fourth-order valence-corrected chi connectivity index (χ4v) is 3.98. The minimum atomic E-state index is -3.86. The van der Waals surface area contributed by atoms with Gasteiger partial charge in [0, 0.05) is 43.7 Å². The third kappa shape index (κ3) is 5.85. The Hall–Kier alpha value is -2.40. The molecule has 0 aliphatic heterocycles. The fraction of sp³-hybridized carbons (Fsp3) is 0.400. The van der Waals surface area contributed by atoms with E-state index >= 15 is 0 Å². The van der Waals surface area contributed by atoms with E-state index in [-0.39, 0.29) is 19.6 Å². The Kier molecular flexibility index (Phi) is 8.24. The Morgan fingerprint density at radius 1 is 1.29 bits per heavy atom. The van der Waals surface area contributed by atoms with Crippen molar-refractivity contribution in [3.63, 3.8) is 0 Å². The zero-order chi connectivity index (χ0) is 23.2. The summed E-state index contributed by atoms with van der Waals surface area (Å²) < 4.78 is 29.0. The number of hydrogen-bond donors (Lipinski definition) is 3. The van der Waals surface area contributed by atoms with Crippen molar-refractivity contribution in [1.29, 1.82) is 0 Å². The van der Waals surface area contributed by atoms with E-state index in [1.165, 1.54) is 29.2 Å². The number of aryl methyl sites for hydroxylation is 1. The highest BCUT2D eigenvalue weighted by Crippen LogP contribution is 2.30. The maximum absolute atomic E-state index is 12.5. The standard InChI is InChI=1S/C20H25ClN2O7S/c1-20(19(26)22-27,31(2,28)29)7-9-23-8-6-14(12-18(23)25)16-5-4-15(13-17(16)21)30-11-3-10-24/h4-6,8,12-13,24,27H,3,7,9-11H2,1-2H3,(H,22,26). The van der Waals surface area contributed by atoms with Crippen LogP contribution < -0.4 is 15.8 Å². The first kappa shape index (κ1) is 24.9. The van der Waals surface area contributed by atoms with Crippen molar-refractivity contribution in [2.45, 2.75) is 31.1 Å². The molecule has 1 aromatic carbocycles. The molecule has 0 bridgehead atoms. The Labute approximate surface area is 185 Å². The zero-order valence-electron chi connectivity index (χ0n) is 17.2. The number of nitrogens with one attached hydrogen (secondary N) is 1. The molecule has 0 saturated heterocycles. The summed E-state index contributed by atoms with van der Waals surface area (Å²) in [6.07, 6.45) is 2.67. The number of nitrogens with zero attached hydrogens (tertiary/aromatic N) is 1. The first-order valence-corrected chi connectivity index (χ1v) is 11.7. The number of pyridine rings is 1. The molecule has 1 atom stereocenters. The summed E-state index contributed by atoms with van der Waals surface area (Å²) in [6, 6.07) is 8.04. The maximum atomic E-state index is 12.5. The van der Waals surface area contributed by atoms with Crippen LogP contribution in [0.15, 0.2) is 41.3 Å². The summed E-state index contributed by atoms with van der Waals surface area (Å²) in [5.41, 5.74) is 2.15. The highest BCUT2D eigenvalue weighted by molar-refractivity contribution is 7.92. The number of rotatable bonds is 10. The number of amides is 1. The van der Waals surface area contributed by atoms with Crippen LogP contribution in [0.3, 0.4) is 0 Å². The van der Waals surface area contributed by atoms with Gasteiger partial charge >= 0.3 is 0 Å². The molecule has 0 aliphatic carbocycles. The van der Waals surface area contributed by atoms with Crippen LogP contribution >= 0.6 is 11.6 Å². The highest BCUT2D eigenvalue weighted by Gasteiger charge is 2.43. The molecule has 0 aliphatic rings. The summed E-state index contributed by atoms with van der Waals surface area (Å²) in [6.45, 7) is 1.51. The van der Waals surface area contributed by atoms with Crippen molar-refractivity contribution < 1.29 is 28.3 Å². The number of hydroxylamine groups is 1. The molecule has 1 heterocycles. The second-order valence-corrected chi connectivity index (χ2v) is 10.1. The van der Waals surface area contributed by atoms with Gasteiger partial charge in [0.2, 0.25) is 0 Å². The van der Waals surface area contributed by atoms with Gasteiger partial charge < -0.3 is 14.4 Å². The Morgan fingerprint density at radius 3 is 2.55 bits per heavy atom. The van der Waals surface area contributed by atoms with E-state index in [2.05, 4.69) is 0 Å². The van der Waals surface area contributed by atoms with E-state index in [1.807, 2.05) is 0 Å². The lowest BCUT2D eigenvalue weighted by Gasteiger charge is -2.25. The third-order valence-electron chi connectivity index (χ3n) is 5.05. The minimum absolute atomic E-state index is 0.0239. The number of aliphatic hydroxyl groups excluding tert-OH is 1. The number of hydrogen-bond acceptors (Lipinski definition) is 7. The molecule has 0 saturated carbocycles. The first-order valence-electron chi connectivity index (χ1n) is 9.41. The number of benzene rings is 1. The maximum Gasteiger partial charge on any atom is 0.264 e. The monoisotopic (exact) mass is 472 g/mol. The second kappa shape index (κ2) is 10.3. The van der Waals surface area contributed by atoms with Gasteiger partial charge in [-0.05, 0) is 43.2 Å². The van der Waals surface area contributed by atoms with Gasteiger partial charge in [0.05, 0.1) is 11.6 Å². The zero-order valence-corrected chi connectivity index (χ0v) is 18.7. The summed E-state index contributed by atoms with van der Waals surface area (Å²) in [5.74, 6) is -0.523. The molecule has 1 unspecified atom stereocenters. The quantitative estimate of drug-likeness (QED) is 0.271. The van der Waals surface area contributed by atoms with Crippen molar-refractivity contribution in [2.24, 2.45) is 0 Å². The van der Waals surface area contributed by atoms with E-state index < -0.39 is 26.1 Å². The number of ether oxygens (including phenoxy) is 1. The molecule has 11 heteroatoms. The van der Waals surface area contributed by atoms with Crippen LogP contribution in [0.5, 0.6) is 5.75 Å². The number of halogens is 1. The minimum Gasteiger partial charge on any atom is -0.493 e. The third-order valence-corrected chi connectivity index (χ3v) is 7.39. The molecule has 31 heavy (non-hydrogen) atoms. The lowest BCUT2D eigenvalue weighted by molar-refractivity contribution is -0.131. The van der Waals surface area contributed by atoms with Gasteiger partial charge in [-0.25, -0.2) is 13.9 Å². The van der Waals surface area contributed by atoms with Gasteiger partial charge in [0.25, 0.3) is 11.5 Å². The van der Waals surface area contributed by atoms with Crippen LogP contribution in [0.4, 0.5) is 0 Å². The summed E-state index contributed by atoms with van der Waals surface area (Å²) in [7, 11) is -3.86. The van der Waals surface area contributed by atoms with Gasteiger partial charge in [-0.2, -0.15) is 0 Å². The topological polar surface area (TPSA) is 135 Å². The Bertz CT molecular complexity index is 1100.